The first-order chi connectivity index (χ1) is 13.8. The fraction of sp³-hybridized carbons (Fsp3) is 0.480. The van der Waals surface area contributed by atoms with Crippen LogP contribution in [0.4, 0.5) is 5.69 Å². The first-order valence-corrected chi connectivity index (χ1v) is 10.7. The van der Waals surface area contributed by atoms with E-state index in [2.05, 4.69) is 47.5 Å². The SMILES string of the molecule is Cc1ccc(O[C@H](C)C(=O)N[C@H](C)c2ccc(N3CCC(C)CC3)cc2)c(C)c1. The highest BCUT2D eigenvalue weighted by molar-refractivity contribution is 5.81. The van der Waals surface area contributed by atoms with Crippen LogP contribution in [0.1, 0.15) is 56.3 Å². The zero-order valence-corrected chi connectivity index (χ0v) is 18.4. The number of aryl methyl sites for hydroxylation is 2. The molecule has 0 aromatic heterocycles. The number of nitrogens with zero attached hydrogens (tertiary/aromatic N) is 1. The maximum atomic E-state index is 12.6. The van der Waals surface area contributed by atoms with Crippen LogP contribution >= 0.6 is 0 Å². The van der Waals surface area contributed by atoms with Gasteiger partial charge in [0.15, 0.2) is 6.10 Å². The summed E-state index contributed by atoms with van der Waals surface area (Å²) in [5.74, 6) is 1.48. The molecule has 1 aliphatic rings. The van der Waals surface area contributed by atoms with E-state index in [4.69, 9.17) is 4.74 Å². The lowest BCUT2D eigenvalue weighted by Gasteiger charge is -2.32. The summed E-state index contributed by atoms with van der Waals surface area (Å²) in [6.45, 7) is 12.4. The Bertz CT molecular complexity index is 823. The molecule has 1 fully saturated rings. The van der Waals surface area contributed by atoms with Crippen molar-refractivity contribution in [2.24, 2.45) is 5.92 Å². The lowest BCUT2D eigenvalue weighted by Crippen LogP contribution is -2.38. The van der Waals surface area contributed by atoms with E-state index < -0.39 is 6.10 Å². The number of ether oxygens (including phenoxy) is 1. The van der Waals surface area contributed by atoms with Crippen LogP contribution in [-0.4, -0.2) is 25.1 Å². The van der Waals surface area contributed by atoms with E-state index in [1.54, 1.807) is 6.92 Å². The van der Waals surface area contributed by atoms with E-state index in [-0.39, 0.29) is 11.9 Å². The van der Waals surface area contributed by atoms with Gasteiger partial charge in [-0.25, -0.2) is 0 Å². The van der Waals surface area contributed by atoms with E-state index in [1.165, 1.54) is 24.1 Å². The Morgan fingerprint density at radius 2 is 1.72 bits per heavy atom. The summed E-state index contributed by atoms with van der Waals surface area (Å²) in [4.78, 5) is 15.1. The molecule has 4 heteroatoms. The predicted octanol–water partition coefficient (Wildman–Crippen LogP) is 5.18. The Morgan fingerprint density at radius 1 is 1.07 bits per heavy atom. The van der Waals surface area contributed by atoms with Crippen molar-refractivity contribution >= 4 is 11.6 Å². The van der Waals surface area contributed by atoms with Crippen molar-refractivity contribution < 1.29 is 9.53 Å². The van der Waals surface area contributed by atoms with Crippen LogP contribution in [0.2, 0.25) is 0 Å². The minimum atomic E-state index is -0.548. The maximum absolute atomic E-state index is 12.6. The Hall–Kier alpha value is -2.49. The van der Waals surface area contributed by atoms with Crippen molar-refractivity contribution in [3.63, 3.8) is 0 Å². The third-order valence-corrected chi connectivity index (χ3v) is 5.90. The van der Waals surface area contributed by atoms with E-state index in [0.29, 0.717) is 0 Å². The Morgan fingerprint density at radius 3 is 2.34 bits per heavy atom. The van der Waals surface area contributed by atoms with Crippen molar-refractivity contribution in [1.82, 2.24) is 5.32 Å². The zero-order valence-electron chi connectivity index (χ0n) is 18.4. The van der Waals surface area contributed by atoms with E-state index in [1.807, 2.05) is 32.9 Å². The number of nitrogens with one attached hydrogen (secondary N) is 1. The highest BCUT2D eigenvalue weighted by Crippen LogP contribution is 2.25. The molecule has 4 nitrogen and oxygen atoms in total. The monoisotopic (exact) mass is 394 g/mol. The summed E-state index contributed by atoms with van der Waals surface area (Å²) in [6, 6.07) is 14.5. The number of hydrogen-bond donors (Lipinski definition) is 1. The van der Waals surface area contributed by atoms with Gasteiger partial charge in [0, 0.05) is 18.8 Å². The van der Waals surface area contributed by atoms with Gasteiger partial charge in [-0.05, 0) is 75.8 Å². The average Bonchev–Trinajstić information content (AvgIpc) is 2.70. The third kappa shape index (κ3) is 5.53. The number of carbonyl (C=O) groups excluding carboxylic acids is 1. The molecule has 29 heavy (non-hydrogen) atoms. The van der Waals surface area contributed by atoms with Crippen LogP contribution in [0.3, 0.4) is 0 Å². The van der Waals surface area contributed by atoms with Crippen molar-refractivity contribution in [3.8, 4) is 5.75 Å². The molecule has 0 aliphatic carbocycles. The van der Waals surface area contributed by atoms with Gasteiger partial charge in [0.1, 0.15) is 5.75 Å². The quantitative estimate of drug-likeness (QED) is 0.733. The molecule has 1 heterocycles. The molecule has 1 N–H and O–H groups in total. The number of amides is 1. The Balaban J connectivity index is 1.56. The molecule has 0 spiro atoms. The van der Waals surface area contributed by atoms with Gasteiger partial charge in [-0.3, -0.25) is 4.79 Å². The zero-order chi connectivity index (χ0) is 21.0. The van der Waals surface area contributed by atoms with Gasteiger partial charge < -0.3 is 15.0 Å². The van der Waals surface area contributed by atoms with Crippen LogP contribution in [-0.2, 0) is 4.79 Å². The topological polar surface area (TPSA) is 41.6 Å². The third-order valence-electron chi connectivity index (χ3n) is 5.90. The number of piperidine rings is 1. The molecule has 0 radical (unpaired) electrons. The number of rotatable bonds is 6. The number of carbonyl (C=O) groups is 1. The second-order valence-electron chi connectivity index (χ2n) is 8.52. The van der Waals surface area contributed by atoms with E-state index >= 15 is 0 Å². The van der Waals surface area contributed by atoms with Gasteiger partial charge in [0.25, 0.3) is 5.91 Å². The van der Waals surface area contributed by atoms with Crippen LogP contribution in [0.5, 0.6) is 5.75 Å². The summed E-state index contributed by atoms with van der Waals surface area (Å²) >= 11 is 0. The Labute approximate surface area is 175 Å². The second-order valence-corrected chi connectivity index (χ2v) is 8.52. The molecule has 0 unspecified atom stereocenters. The van der Waals surface area contributed by atoms with Crippen LogP contribution in [0.15, 0.2) is 42.5 Å². The molecule has 2 aromatic carbocycles. The first kappa shape index (κ1) is 21.2. The smallest absolute Gasteiger partial charge is 0.261 e. The van der Waals surface area contributed by atoms with Crippen LogP contribution < -0.4 is 15.0 Å². The molecule has 0 saturated carbocycles. The summed E-state index contributed by atoms with van der Waals surface area (Å²) in [5.41, 5.74) is 4.60. The van der Waals surface area contributed by atoms with Gasteiger partial charge >= 0.3 is 0 Å². The van der Waals surface area contributed by atoms with Gasteiger partial charge in [-0.1, -0.05) is 36.8 Å². The maximum Gasteiger partial charge on any atom is 0.261 e. The van der Waals surface area contributed by atoms with Gasteiger partial charge in [-0.15, -0.1) is 0 Å². The molecule has 2 atom stereocenters. The highest BCUT2D eigenvalue weighted by atomic mass is 16.5. The van der Waals surface area contributed by atoms with E-state index in [0.717, 1.165) is 35.9 Å². The standard InChI is InChI=1S/C25H34N2O2/c1-17-12-14-27(15-13-17)23-9-7-22(8-10-23)20(4)26-25(28)21(5)29-24-11-6-18(2)16-19(24)3/h6-11,16-17,20-21H,12-15H2,1-5H3,(H,26,28)/t20-,21-/m1/s1. The molecule has 1 amide bonds. The predicted molar refractivity (Wildman–Crippen MR) is 120 cm³/mol. The normalized spacial score (nSPS) is 16.9. The highest BCUT2D eigenvalue weighted by Gasteiger charge is 2.19. The van der Waals surface area contributed by atoms with Gasteiger partial charge in [0.05, 0.1) is 6.04 Å². The number of benzene rings is 2. The summed E-state index contributed by atoms with van der Waals surface area (Å²) in [5, 5.41) is 3.07. The van der Waals surface area contributed by atoms with E-state index in [9.17, 15) is 4.79 Å². The van der Waals surface area contributed by atoms with Crippen molar-refractivity contribution in [3.05, 3.63) is 59.2 Å². The van der Waals surface area contributed by atoms with Crippen LogP contribution in [0, 0.1) is 19.8 Å². The van der Waals surface area contributed by atoms with Gasteiger partial charge in [0.2, 0.25) is 0 Å². The first-order valence-electron chi connectivity index (χ1n) is 10.7. The minimum absolute atomic E-state index is 0.0666. The molecule has 156 valence electrons. The fourth-order valence-electron chi connectivity index (χ4n) is 3.83. The molecule has 1 aliphatic heterocycles. The summed E-state index contributed by atoms with van der Waals surface area (Å²) < 4.78 is 5.89. The lowest BCUT2D eigenvalue weighted by molar-refractivity contribution is -0.127. The molecule has 0 bridgehead atoms. The molecule has 1 saturated heterocycles. The number of anilines is 1. The summed E-state index contributed by atoms with van der Waals surface area (Å²) in [6.07, 6.45) is 1.97. The number of hydrogen-bond acceptors (Lipinski definition) is 3. The van der Waals surface area contributed by atoms with Crippen molar-refractivity contribution in [2.45, 2.75) is 59.6 Å². The largest absolute Gasteiger partial charge is 0.481 e. The average molecular weight is 395 g/mol. The fourth-order valence-corrected chi connectivity index (χ4v) is 3.83. The van der Waals surface area contributed by atoms with Crippen LogP contribution in [0.25, 0.3) is 0 Å². The Kier molecular flexibility index (Phi) is 6.83. The molecule has 3 rings (SSSR count). The summed E-state index contributed by atoms with van der Waals surface area (Å²) in [7, 11) is 0. The molecule has 2 aromatic rings. The van der Waals surface area contributed by atoms with Crippen molar-refractivity contribution in [1.29, 1.82) is 0 Å². The minimum Gasteiger partial charge on any atom is -0.481 e. The lowest BCUT2D eigenvalue weighted by atomic mass is 9.98. The molecular weight excluding hydrogens is 360 g/mol. The molecular formula is C25H34N2O2. The second kappa shape index (κ2) is 9.34. The van der Waals surface area contributed by atoms with Crippen molar-refractivity contribution in [2.75, 3.05) is 18.0 Å². The van der Waals surface area contributed by atoms with Gasteiger partial charge in [-0.2, -0.15) is 0 Å².